The predicted molar refractivity (Wildman–Crippen MR) is 390 cm³/mol. The van der Waals surface area contributed by atoms with Crippen molar-refractivity contribution in [3.8, 4) is 0 Å². The summed E-state index contributed by atoms with van der Waals surface area (Å²) in [5.74, 6) is -7.10. The summed E-state index contributed by atoms with van der Waals surface area (Å²) in [7, 11) is 0. The van der Waals surface area contributed by atoms with Crippen molar-refractivity contribution in [2.45, 2.75) is 411 Å². The van der Waals surface area contributed by atoms with E-state index in [4.69, 9.17) is 80.5 Å². The third-order valence-electron chi connectivity index (χ3n) is 19.9. The lowest BCUT2D eigenvalue weighted by molar-refractivity contribution is -0.388. The minimum atomic E-state index is -1.78. The average Bonchev–Trinajstić information content (AvgIpc) is 0.785. The summed E-state index contributed by atoms with van der Waals surface area (Å²) in [6, 6.07) is 8.90. The van der Waals surface area contributed by atoms with E-state index in [1.165, 1.54) is 39.7 Å². The molecule has 1 aromatic carbocycles. The van der Waals surface area contributed by atoms with E-state index in [1.807, 2.05) is 6.07 Å². The summed E-state index contributed by atoms with van der Waals surface area (Å²) < 4.78 is 110. The fourth-order valence-electron chi connectivity index (χ4n) is 14.5. The number of hydrogen-bond acceptors (Lipinski definition) is 26. The van der Waals surface area contributed by atoms with Gasteiger partial charge in [-0.2, -0.15) is 0 Å². The number of rotatable bonds is 36. The van der Waals surface area contributed by atoms with Crippen LogP contribution in [-0.4, -0.2) is 183 Å². The van der Waals surface area contributed by atoms with Gasteiger partial charge < -0.3 is 80.5 Å². The van der Waals surface area contributed by atoms with Crippen molar-refractivity contribution in [3.63, 3.8) is 0 Å². The molecule has 0 unspecified atom stereocenters. The van der Waals surface area contributed by atoms with Crippen LogP contribution in [0.1, 0.15) is 288 Å². The molecule has 5 saturated heterocycles. The molecule has 26 heteroatoms. The van der Waals surface area contributed by atoms with E-state index in [9.17, 15) is 43.2 Å². The van der Waals surface area contributed by atoms with Gasteiger partial charge in [0, 0.05) is 60.0 Å². The predicted octanol–water partition coefficient (Wildman–Crippen LogP) is 13.7. The minimum Gasteiger partial charge on any atom is -0.456 e. The topological polar surface area (TPSA) is 311 Å². The molecule has 0 saturated carbocycles. The average molecular weight is 1520 g/mol. The van der Waals surface area contributed by atoms with Gasteiger partial charge in [0.25, 0.3) is 0 Å². The summed E-state index contributed by atoms with van der Waals surface area (Å²) in [6.07, 6.45) is -3.09. The lowest BCUT2D eigenvalue weighted by atomic mass is 9.95. The van der Waals surface area contributed by atoms with Crippen molar-refractivity contribution in [1.82, 2.24) is 0 Å². The van der Waals surface area contributed by atoms with Crippen LogP contribution in [0.3, 0.4) is 0 Å². The molecule has 5 fully saturated rings. The van der Waals surface area contributed by atoms with Gasteiger partial charge in [-0.3, -0.25) is 38.4 Å². The van der Waals surface area contributed by atoms with Gasteiger partial charge in [0.05, 0.1) is 30.5 Å². The van der Waals surface area contributed by atoms with Crippen LogP contribution in [0.5, 0.6) is 0 Å². The van der Waals surface area contributed by atoms with Crippen LogP contribution in [0.25, 0.3) is 6.08 Å². The molecule has 0 radical (unpaired) electrons. The van der Waals surface area contributed by atoms with Crippen LogP contribution >= 0.6 is 0 Å². The summed E-state index contributed by atoms with van der Waals surface area (Å²) >= 11 is 0. The molecule has 606 valence electrons. The molecule has 0 aromatic heterocycles. The van der Waals surface area contributed by atoms with Gasteiger partial charge in [0.1, 0.15) is 12.2 Å². The zero-order chi connectivity index (χ0) is 77.8. The first-order valence-electron chi connectivity index (χ1n) is 40.0. The SMILES string of the molecule is CCCCCCCCCCCC(=O)O[C@@H]1[C@@H](OC(C)=O)[C@@H](OC(=O)/C=C/c2ccccc2)[C@H](O[C@@H]2[C@@H](OC(C)=O)[C@@H](OC(=O)CCCCCCCCC)[C@H](O[C@@H]3[C@H]4OC(=O)CCCCCCCCC[C@H](CCCCC)O[C@@H]5O[C@H](C)[C@H](OC(C)=O)[C@H](OC(C)=O)[C@H]5O[C@H](O[C@H]3C)[C@@H]4OC(C)=O)O[C@H]2C)O[C@H]1C. The molecule has 6 rings (SSSR count). The normalized spacial score (nSPS) is 31.0. The number of esters is 9. The maximum absolute atomic E-state index is 14.6. The van der Waals surface area contributed by atoms with Crippen LogP contribution in [-0.2, 0) is 124 Å². The van der Waals surface area contributed by atoms with Crippen LogP contribution in [0, 0.1) is 0 Å². The van der Waals surface area contributed by atoms with Crippen molar-refractivity contribution in [2.75, 3.05) is 0 Å². The molecule has 0 N–H and O–H groups in total. The Balaban J connectivity index is 1.43. The van der Waals surface area contributed by atoms with Crippen molar-refractivity contribution >= 4 is 59.8 Å². The Labute approximate surface area is 633 Å². The molecule has 21 atom stereocenters. The highest BCUT2D eigenvalue weighted by atomic mass is 16.8. The van der Waals surface area contributed by atoms with E-state index in [2.05, 4.69) is 20.8 Å². The van der Waals surface area contributed by atoms with Crippen molar-refractivity contribution in [2.24, 2.45) is 0 Å². The van der Waals surface area contributed by atoms with Crippen LogP contribution in [0.4, 0.5) is 0 Å². The van der Waals surface area contributed by atoms with Gasteiger partial charge in [-0.15, -0.1) is 0 Å². The molecule has 5 aliphatic rings. The molecular formula is C81H126O26. The molecule has 2 bridgehead atoms. The van der Waals surface area contributed by atoms with Crippen LogP contribution < -0.4 is 0 Å². The monoisotopic (exact) mass is 1510 g/mol. The number of benzene rings is 1. The van der Waals surface area contributed by atoms with Gasteiger partial charge in [-0.25, -0.2) is 4.79 Å². The quantitative estimate of drug-likeness (QED) is 0.0261. The zero-order valence-corrected chi connectivity index (χ0v) is 65.7. The van der Waals surface area contributed by atoms with E-state index >= 15 is 0 Å². The van der Waals surface area contributed by atoms with Gasteiger partial charge >= 0.3 is 53.7 Å². The van der Waals surface area contributed by atoms with E-state index in [1.54, 1.807) is 45.0 Å². The lowest BCUT2D eigenvalue weighted by Gasteiger charge is -2.51. The number of carbonyl (C=O) groups is 9. The molecule has 5 aliphatic heterocycles. The number of unbranched alkanes of at least 4 members (excludes halogenated alkanes) is 16. The third-order valence-corrected chi connectivity index (χ3v) is 19.9. The molecule has 0 amide bonds. The number of hydrogen-bond donors (Lipinski definition) is 0. The Bertz CT molecular complexity index is 2870. The van der Waals surface area contributed by atoms with Crippen molar-refractivity contribution in [1.29, 1.82) is 0 Å². The summed E-state index contributed by atoms with van der Waals surface area (Å²) in [5.41, 5.74) is 0.646. The molecule has 0 spiro atoms. The summed E-state index contributed by atoms with van der Waals surface area (Å²) in [4.78, 5) is 124. The standard InChI is InChI=1S/C81H126O26/c1-13-16-19-21-23-24-28-32-39-46-62(87)101-67-52(5)92-80(75(71(67)97-57(10)84)104-65(90)50-49-60-42-36-34-37-43-60)105-68-53(6)94-81(76(72(68)98-58(11)85)103-64(89)48-41-31-26-22-20-17-14-2)106-69-54(7)93-79-74(99-59(12)86)73(69)102-63(88)47-40-33-29-25-27-30-38-45-61(44-35-18-15-3)100-78-77(107-79)70(96-56(9)83)66(51(4)91-78)95-55(8)82/h34,36-37,42-43,49-54,61,66-81H,13-33,35,38-41,44-48H2,1-12H3/b50-49+/t51-,52+,53+,54+,61+,66+,67+,68+,69+,70+,71-,72-,73-,74-,75-,76-,77-,78+,79+,80+,81+/m1/s1. The Morgan fingerprint density at radius 3 is 1.37 bits per heavy atom. The second kappa shape index (κ2) is 48.5. The van der Waals surface area contributed by atoms with E-state index < -0.39 is 177 Å². The van der Waals surface area contributed by atoms with Crippen LogP contribution in [0.15, 0.2) is 36.4 Å². The Morgan fingerprint density at radius 1 is 0.393 bits per heavy atom. The maximum atomic E-state index is 14.6. The summed E-state index contributed by atoms with van der Waals surface area (Å²) in [6.45, 7) is 18.5. The van der Waals surface area contributed by atoms with Crippen molar-refractivity contribution < 1.29 is 124 Å². The molecule has 0 aliphatic carbocycles. The van der Waals surface area contributed by atoms with Crippen LogP contribution in [0.2, 0.25) is 0 Å². The molecular weight excluding hydrogens is 1390 g/mol. The highest BCUT2D eigenvalue weighted by Gasteiger charge is 2.60. The minimum absolute atomic E-state index is 0.0370. The Hall–Kier alpha value is -6.13. The number of fused-ring (bicyclic) bond motifs is 3. The fraction of sp³-hybridized carbons (Fsp3) is 0.790. The highest BCUT2D eigenvalue weighted by molar-refractivity contribution is 5.87. The third kappa shape index (κ3) is 30.9. The van der Waals surface area contributed by atoms with E-state index in [0.29, 0.717) is 50.5 Å². The number of ether oxygens (including phenoxy) is 17. The first-order chi connectivity index (χ1) is 51.4. The fourth-order valence-corrected chi connectivity index (χ4v) is 14.5. The van der Waals surface area contributed by atoms with E-state index in [0.717, 1.165) is 149 Å². The Morgan fingerprint density at radius 2 is 0.813 bits per heavy atom. The summed E-state index contributed by atoms with van der Waals surface area (Å²) in [5, 5.41) is 0. The largest absolute Gasteiger partial charge is 0.456 e. The van der Waals surface area contributed by atoms with Gasteiger partial charge in [0.15, 0.2) is 86.2 Å². The second-order valence-electron chi connectivity index (χ2n) is 29.2. The second-order valence-corrected chi connectivity index (χ2v) is 29.2. The lowest BCUT2D eigenvalue weighted by Crippen LogP contribution is -2.68. The zero-order valence-electron chi connectivity index (χ0n) is 65.7. The van der Waals surface area contributed by atoms with Crippen molar-refractivity contribution in [3.05, 3.63) is 42.0 Å². The first-order valence-corrected chi connectivity index (χ1v) is 40.0. The highest BCUT2D eigenvalue weighted by Crippen LogP contribution is 2.41. The number of carbonyl (C=O) groups excluding carboxylic acids is 9. The van der Waals surface area contributed by atoms with Gasteiger partial charge in [0.2, 0.25) is 0 Å². The van der Waals surface area contributed by atoms with Gasteiger partial charge in [-0.1, -0.05) is 199 Å². The first kappa shape index (κ1) is 89.8. The molecule has 26 nitrogen and oxygen atoms in total. The maximum Gasteiger partial charge on any atom is 0.331 e. The Kier molecular flexibility index (Phi) is 40.7. The smallest absolute Gasteiger partial charge is 0.331 e. The van der Waals surface area contributed by atoms with E-state index in [-0.39, 0.29) is 25.4 Å². The van der Waals surface area contributed by atoms with Gasteiger partial charge in [-0.05, 0) is 71.4 Å². The molecule has 1 aromatic rings. The molecule has 107 heavy (non-hydrogen) atoms. The molecule has 5 heterocycles.